The number of nitrogens with one attached hydrogen (secondary N) is 1. The van der Waals surface area contributed by atoms with Gasteiger partial charge in [0, 0.05) is 0 Å². The highest BCUT2D eigenvalue weighted by molar-refractivity contribution is 5.90. The summed E-state index contributed by atoms with van der Waals surface area (Å²) >= 11 is 0. The number of carbonyl (C=O) groups excluding carboxylic acids is 1. The summed E-state index contributed by atoms with van der Waals surface area (Å²) in [6, 6.07) is 9.20. The van der Waals surface area contributed by atoms with E-state index in [1.807, 2.05) is 30.3 Å². The molecule has 114 valence electrons. The third-order valence-corrected chi connectivity index (χ3v) is 4.08. The average Bonchev–Trinajstić information content (AvgIpc) is 2.53. The Labute approximate surface area is 125 Å². The molecular formula is C16H23N3O2. The molecule has 4 N–H and O–H groups in total. The maximum Gasteiger partial charge on any atom is 0.225 e. The molecule has 5 nitrogen and oxygen atoms in total. The topological polar surface area (TPSA) is 87.7 Å². The van der Waals surface area contributed by atoms with Crippen LogP contribution in [0.2, 0.25) is 0 Å². The lowest BCUT2D eigenvalue weighted by molar-refractivity contribution is -0.121. The van der Waals surface area contributed by atoms with Gasteiger partial charge in [-0.25, -0.2) is 0 Å². The number of oxime groups is 1. The number of hydrogen-bond donors (Lipinski definition) is 3. The molecule has 0 bridgehead atoms. The number of nitrogens with two attached hydrogens (primary N) is 1. The molecule has 1 fully saturated rings. The Balaban J connectivity index is 1.99. The summed E-state index contributed by atoms with van der Waals surface area (Å²) in [5, 5.41) is 15.0. The van der Waals surface area contributed by atoms with Crippen LogP contribution in [0.5, 0.6) is 0 Å². The fourth-order valence-corrected chi connectivity index (χ4v) is 2.97. The fourth-order valence-electron chi connectivity index (χ4n) is 2.97. The third kappa shape index (κ3) is 4.48. The van der Waals surface area contributed by atoms with Gasteiger partial charge in [-0.3, -0.25) is 4.79 Å². The highest BCUT2D eigenvalue weighted by Crippen LogP contribution is 2.26. The molecule has 1 amide bonds. The minimum atomic E-state index is -0.369. The first-order valence-corrected chi connectivity index (χ1v) is 7.51. The first-order chi connectivity index (χ1) is 10.2. The monoisotopic (exact) mass is 289 g/mol. The van der Waals surface area contributed by atoms with E-state index in [2.05, 4.69) is 10.5 Å². The van der Waals surface area contributed by atoms with Crippen LogP contribution in [0.25, 0.3) is 0 Å². The summed E-state index contributed by atoms with van der Waals surface area (Å²) in [7, 11) is 0. The van der Waals surface area contributed by atoms with Gasteiger partial charge in [-0.05, 0) is 24.3 Å². The van der Waals surface area contributed by atoms with Crippen LogP contribution in [0.15, 0.2) is 35.5 Å². The zero-order valence-corrected chi connectivity index (χ0v) is 12.2. The van der Waals surface area contributed by atoms with Crippen molar-refractivity contribution in [3.05, 3.63) is 35.9 Å². The first kappa shape index (κ1) is 15.4. The van der Waals surface area contributed by atoms with Gasteiger partial charge in [0.25, 0.3) is 0 Å². The Morgan fingerprint density at radius 1 is 1.29 bits per heavy atom. The standard InChI is InChI=1S/C16H23N3O2/c17-16(19-21)15(13-9-5-2-6-10-13)18-14(20)11-12-7-3-1-4-8-12/h1,3-4,7-8,13,15,21H,2,5-6,9-11H2,(H2,17,19)(H,18,20). The molecule has 1 aromatic carbocycles. The van der Waals surface area contributed by atoms with Gasteiger partial charge in [-0.2, -0.15) is 0 Å². The molecular weight excluding hydrogens is 266 g/mol. The van der Waals surface area contributed by atoms with Crippen molar-refractivity contribution in [3.8, 4) is 0 Å². The van der Waals surface area contributed by atoms with E-state index < -0.39 is 0 Å². The lowest BCUT2D eigenvalue weighted by Gasteiger charge is -2.30. The van der Waals surface area contributed by atoms with Crippen LogP contribution < -0.4 is 11.1 Å². The fraction of sp³-hybridized carbons (Fsp3) is 0.500. The predicted octanol–water partition coefficient (Wildman–Crippen LogP) is 2.04. The molecule has 21 heavy (non-hydrogen) atoms. The molecule has 1 aromatic rings. The molecule has 1 atom stereocenters. The van der Waals surface area contributed by atoms with Crippen molar-refractivity contribution in [2.45, 2.75) is 44.6 Å². The van der Waals surface area contributed by atoms with Crippen LogP contribution in [0.4, 0.5) is 0 Å². The Hall–Kier alpha value is -2.04. The summed E-state index contributed by atoms with van der Waals surface area (Å²) in [6.07, 6.45) is 5.81. The maximum atomic E-state index is 12.2. The van der Waals surface area contributed by atoms with Gasteiger partial charge in [0.2, 0.25) is 5.91 Å². The lowest BCUT2D eigenvalue weighted by Crippen LogP contribution is -2.50. The number of carbonyl (C=O) groups is 1. The zero-order valence-electron chi connectivity index (χ0n) is 12.2. The van der Waals surface area contributed by atoms with Crippen molar-refractivity contribution in [3.63, 3.8) is 0 Å². The minimum Gasteiger partial charge on any atom is -0.409 e. The normalized spacial score (nSPS) is 18.2. The number of hydrogen-bond acceptors (Lipinski definition) is 3. The molecule has 1 aliphatic carbocycles. The first-order valence-electron chi connectivity index (χ1n) is 7.51. The van der Waals surface area contributed by atoms with Gasteiger partial charge in [0.15, 0.2) is 5.84 Å². The minimum absolute atomic E-state index is 0.0941. The highest BCUT2D eigenvalue weighted by atomic mass is 16.4. The second kappa shape index (κ2) is 7.67. The number of rotatable bonds is 5. The molecule has 0 aliphatic heterocycles. The lowest BCUT2D eigenvalue weighted by atomic mass is 9.83. The molecule has 0 aromatic heterocycles. The number of amides is 1. The van der Waals surface area contributed by atoms with Crippen LogP contribution in [-0.4, -0.2) is 23.0 Å². The number of nitrogens with zero attached hydrogens (tertiary/aromatic N) is 1. The number of benzene rings is 1. The van der Waals surface area contributed by atoms with E-state index in [1.165, 1.54) is 6.42 Å². The summed E-state index contributed by atoms with van der Waals surface area (Å²) in [6.45, 7) is 0. The van der Waals surface area contributed by atoms with Crippen LogP contribution in [0.1, 0.15) is 37.7 Å². The van der Waals surface area contributed by atoms with Crippen LogP contribution >= 0.6 is 0 Å². The summed E-state index contributed by atoms with van der Waals surface area (Å²) in [5.74, 6) is 0.265. The molecule has 1 saturated carbocycles. The maximum absolute atomic E-state index is 12.2. The Morgan fingerprint density at radius 3 is 2.57 bits per heavy atom. The van der Waals surface area contributed by atoms with Gasteiger partial charge in [-0.15, -0.1) is 0 Å². The van der Waals surface area contributed by atoms with E-state index in [0.717, 1.165) is 31.2 Å². The van der Waals surface area contributed by atoms with Crippen molar-refractivity contribution in [2.24, 2.45) is 16.8 Å². The van der Waals surface area contributed by atoms with E-state index in [1.54, 1.807) is 0 Å². The second-order valence-corrected chi connectivity index (χ2v) is 5.63. The van der Waals surface area contributed by atoms with Gasteiger partial charge in [0.1, 0.15) is 0 Å². The summed E-state index contributed by atoms with van der Waals surface area (Å²) < 4.78 is 0. The average molecular weight is 289 g/mol. The SMILES string of the molecule is N/C(=N/O)C(NC(=O)Cc1ccccc1)C1CCCCC1. The van der Waals surface area contributed by atoms with Crippen LogP contribution in [-0.2, 0) is 11.2 Å². The molecule has 0 saturated heterocycles. The summed E-state index contributed by atoms with van der Waals surface area (Å²) in [5.41, 5.74) is 6.73. The van der Waals surface area contributed by atoms with Crippen molar-refractivity contribution in [1.82, 2.24) is 5.32 Å². The van der Waals surface area contributed by atoms with Gasteiger partial charge < -0.3 is 16.3 Å². The van der Waals surface area contributed by atoms with Crippen molar-refractivity contribution >= 4 is 11.7 Å². The Kier molecular flexibility index (Phi) is 5.60. The second-order valence-electron chi connectivity index (χ2n) is 5.63. The predicted molar refractivity (Wildman–Crippen MR) is 82.1 cm³/mol. The van der Waals surface area contributed by atoms with E-state index in [-0.39, 0.29) is 23.7 Å². The largest absolute Gasteiger partial charge is 0.409 e. The van der Waals surface area contributed by atoms with E-state index in [9.17, 15) is 4.79 Å². The molecule has 0 spiro atoms. The zero-order chi connectivity index (χ0) is 15.1. The van der Waals surface area contributed by atoms with E-state index >= 15 is 0 Å². The molecule has 5 heteroatoms. The molecule has 1 unspecified atom stereocenters. The van der Waals surface area contributed by atoms with E-state index in [4.69, 9.17) is 10.9 Å². The highest BCUT2D eigenvalue weighted by Gasteiger charge is 2.28. The number of amidine groups is 1. The summed E-state index contributed by atoms with van der Waals surface area (Å²) in [4.78, 5) is 12.2. The Morgan fingerprint density at radius 2 is 1.95 bits per heavy atom. The molecule has 0 radical (unpaired) electrons. The van der Waals surface area contributed by atoms with Crippen LogP contribution in [0.3, 0.4) is 0 Å². The van der Waals surface area contributed by atoms with Crippen molar-refractivity contribution < 1.29 is 10.0 Å². The smallest absolute Gasteiger partial charge is 0.225 e. The quantitative estimate of drug-likeness (QED) is 0.335. The molecule has 1 aliphatic rings. The molecule has 0 heterocycles. The van der Waals surface area contributed by atoms with Crippen molar-refractivity contribution in [1.29, 1.82) is 0 Å². The molecule has 2 rings (SSSR count). The Bertz CT molecular complexity index is 482. The van der Waals surface area contributed by atoms with Gasteiger partial charge in [-0.1, -0.05) is 54.8 Å². The van der Waals surface area contributed by atoms with Gasteiger partial charge >= 0.3 is 0 Å². The third-order valence-electron chi connectivity index (χ3n) is 4.08. The van der Waals surface area contributed by atoms with E-state index in [0.29, 0.717) is 6.42 Å². The van der Waals surface area contributed by atoms with Crippen LogP contribution in [0, 0.1) is 5.92 Å². The van der Waals surface area contributed by atoms with Crippen molar-refractivity contribution in [2.75, 3.05) is 0 Å². The van der Waals surface area contributed by atoms with Gasteiger partial charge in [0.05, 0.1) is 12.5 Å².